The van der Waals surface area contributed by atoms with Crippen molar-refractivity contribution in [1.82, 2.24) is 0 Å². The third-order valence-electron chi connectivity index (χ3n) is 0.547. The molecule has 0 N–H and O–H groups in total. The Morgan fingerprint density at radius 1 is 1.11 bits per heavy atom. The highest BCUT2D eigenvalue weighted by atomic mass is 79.9. The highest BCUT2D eigenvalue weighted by molar-refractivity contribution is 9.12. The minimum absolute atomic E-state index is 1.18. The smallest absolute Gasteiger partial charge is 0.118 e. The molecule has 0 nitrogen and oxygen atoms in total. The Labute approximate surface area is 66.2 Å². The van der Waals surface area contributed by atoms with Gasteiger partial charge in [0.2, 0.25) is 0 Å². The lowest BCUT2D eigenvalue weighted by atomic mass is 10.7. The maximum absolute atomic E-state index is 3.11. The van der Waals surface area contributed by atoms with Crippen molar-refractivity contribution in [3.05, 3.63) is 0 Å². The van der Waals surface area contributed by atoms with Gasteiger partial charge in [0.1, 0.15) is 8.07 Å². The van der Waals surface area contributed by atoms with E-state index < -0.39 is 8.07 Å². The van der Waals surface area contributed by atoms with E-state index >= 15 is 0 Å². The van der Waals surface area contributed by atoms with Gasteiger partial charge in [-0.05, 0) is 16.7 Å². The number of hydrogen-bond donors (Lipinski definition) is 0. The third-order valence-corrected chi connectivity index (χ3v) is 1.62. The van der Waals surface area contributed by atoms with Crippen molar-refractivity contribution in [3.63, 3.8) is 0 Å². The van der Waals surface area contributed by atoms with E-state index in [4.69, 9.17) is 0 Å². The standard InChI is InChI=1S/C7H9BrSi/c1-9(2,3)7-5-4-6-8/h1-3H3. The van der Waals surface area contributed by atoms with E-state index in [1.165, 1.54) is 0 Å². The van der Waals surface area contributed by atoms with Crippen LogP contribution in [-0.4, -0.2) is 8.07 Å². The Balaban J connectivity index is 3.99. The Bertz CT molecular complexity index is 191. The lowest BCUT2D eigenvalue weighted by molar-refractivity contribution is 1.81. The molecule has 48 valence electrons. The summed E-state index contributed by atoms with van der Waals surface area (Å²) in [5, 5.41) is 0. The first-order valence-corrected chi connectivity index (χ1v) is 6.98. The second kappa shape index (κ2) is 3.77. The molecule has 0 heterocycles. The maximum atomic E-state index is 3.11. The van der Waals surface area contributed by atoms with Crippen molar-refractivity contribution in [2.24, 2.45) is 0 Å². The zero-order valence-corrected chi connectivity index (χ0v) is 8.46. The van der Waals surface area contributed by atoms with Gasteiger partial charge in [-0.15, -0.1) is 5.54 Å². The number of halogens is 1. The Morgan fingerprint density at radius 2 is 1.67 bits per heavy atom. The monoisotopic (exact) mass is 200 g/mol. The van der Waals surface area contributed by atoms with Crippen LogP contribution in [0, 0.1) is 22.2 Å². The lowest BCUT2D eigenvalue weighted by Gasteiger charge is -2.01. The van der Waals surface area contributed by atoms with Gasteiger partial charge in [0, 0.05) is 15.9 Å². The van der Waals surface area contributed by atoms with E-state index in [0.717, 1.165) is 0 Å². The molecule has 0 fully saturated rings. The molecule has 0 unspecified atom stereocenters. The normalized spacial score (nSPS) is 8.44. The Kier molecular flexibility index (Phi) is 3.69. The van der Waals surface area contributed by atoms with E-state index in [1.54, 1.807) is 0 Å². The molecule has 0 spiro atoms. The Hall–Kier alpha value is -0.183. The van der Waals surface area contributed by atoms with Crippen molar-refractivity contribution in [2.45, 2.75) is 19.6 Å². The van der Waals surface area contributed by atoms with Crippen LogP contribution in [0.25, 0.3) is 0 Å². The molecule has 0 atom stereocenters. The molecule has 0 rings (SSSR count). The van der Waals surface area contributed by atoms with Crippen LogP contribution in [0.3, 0.4) is 0 Å². The fourth-order valence-electron chi connectivity index (χ4n) is 0.242. The summed E-state index contributed by atoms with van der Waals surface area (Å²) < 4.78 is 0. The minimum atomic E-state index is -1.18. The molecule has 0 bridgehead atoms. The first kappa shape index (κ1) is 8.82. The second-order valence-electron chi connectivity index (χ2n) is 2.72. The van der Waals surface area contributed by atoms with E-state index in [-0.39, 0.29) is 0 Å². The molecule has 0 aliphatic carbocycles. The Morgan fingerprint density at radius 3 is 2.00 bits per heavy atom. The molecule has 0 aromatic heterocycles. The third kappa shape index (κ3) is 7.82. The van der Waals surface area contributed by atoms with Crippen molar-refractivity contribution in [2.75, 3.05) is 0 Å². The predicted octanol–water partition coefficient (Wildman–Crippen LogP) is 2.22. The molecule has 2 heteroatoms. The molecule has 0 saturated carbocycles. The fourth-order valence-corrected chi connectivity index (χ4v) is 0.779. The molecule has 0 aromatic rings. The highest BCUT2D eigenvalue weighted by Gasteiger charge is 2.06. The van der Waals surface area contributed by atoms with E-state index in [2.05, 4.69) is 57.8 Å². The van der Waals surface area contributed by atoms with Crippen LogP contribution in [0.2, 0.25) is 19.6 Å². The largest absolute Gasteiger partial charge is 0.130 e. The molecule has 0 aliphatic rings. The van der Waals surface area contributed by atoms with E-state index in [0.29, 0.717) is 0 Å². The quantitative estimate of drug-likeness (QED) is 0.416. The summed E-state index contributed by atoms with van der Waals surface area (Å²) in [4.78, 5) is 2.55. The van der Waals surface area contributed by atoms with Crippen LogP contribution in [0.15, 0.2) is 0 Å². The van der Waals surface area contributed by atoms with Gasteiger partial charge in [-0.3, -0.25) is 0 Å². The summed E-state index contributed by atoms with van der Waals surface area (Å²) in [5.74, 6) is 5.42. The average Bonchev–Trinajstić information content (AvgIpc) is 1.63. The highest BCUT2D eigenvalue weighted by Crippen LogP contribution is 1.95. The zero-order chi connectivity index (χ0) is 7.33. The fraction of sp³-hybridized carbons (Fsp3) is 0.429. The van der Waals surface area contributed by atoms with Crippen molar-refractivity contribution < 1.29 is 0 Å². The molecule has 0 aromatic carbocycles. The van der Waals surface area contributed by atoms with Gasteiger partial charge in [0.15, 0.2) is 0 Å². The summed E-state index contributed by atoms with van der Waals surface area (Å²) >= 11 is 2.97. The van der Waals surface area contributed by atoms with E-state index in [9.17, 15) is 0 Å². The lowest BCUT2D eigenvalue weighted by Crippen LogP contribution is -2.16. The molecule has 0 aliphatic heterocycles. The van der Waals surface area contributed by atoms with Crippen LogP contribution >= 0.6 is 15.9 Å². The summed E-state index contributed by atoms with van der Waals surface area (Å²) in [6.07, 6.45) is 0. The predicted molar refractivity (Wildman–Crippen MR) is 47.8 cm³/mol. The topological polar surface area (TPSA) is 0 Å². The summed E-state index contributed by atoms with van der Waals surface area (Å²) in [5.41, 5.74) is 3.11. The van der Waals surface area contributed by atoms with Gasteiger partial charge in [-0.25, -0.2) is 0 Å². The number of rotatable bonds is 0. The molecular weight excluding hydrogens is 192 g/mol. The van der Waals surface area contributed by atoms with Gasteiger partial charge < -0.3 is 0 Å². The molecule has 0 amide bonds. The summed E-state index contributed by atoms with van der Waals surface area (Å²) in [6, 6.07) is 0. The van der Waals surface area contributed by atoms with Gasteiger partial charge in [0.05, 0.1) is 0 Å². The second-order valence-corrected chi connectivity index (χ2v) is 7.87. The number of hydrogen-bond acceptors (Lipinski definition) is 0. The molecular formula is C7H9BrSi. The van der Waals surface area contributed by atoms with Crippen LogP contribution in [0.1, 0.15) is 0 Å². The van der Waals surface area contributed by atoms with E-state index in [1.807, 2.05) is 0 Å². The first-order chi connectivity index (χ1) is 4.06. The van der Waals surface area contributed by atoms with Crippen LogP contribution in [0.4, 0.5) is 0 Å². The van der Waals surface area contributed by atoms with Crippen molar-refractivity contribution >= 4 is 24.0 Å². The average molecular weight is 201 g/mol. The first-order valence-electron chi connectivity index (χ1n) is 2.69. The molecule has 0 saturated heterocycles. The van der Waals surface area contributed by atoms with Crippen molar-refractivity contribution in [3.8, 4) is 22.2 Å². The van der Waals surface area contributed by atoms with Crippen LogP contribution < -0.4 is 0 Å². The molecule has 9 heavy (non-hydrogen) atoms. The summed E-state index contributed by atoms with van der Waals surface area (Å²) in [6.45, 7) is 6.57. The van der Waals surface area contributed by atoms with Crippen LogP contribution in [-0.2, 0) is 0 Å². The van der Waals surface area contributed by atoms with Gasteiger partial charge in [-0.1, -0.05) is 19.6 Å². The van der Waals surface area contributed by atoms with Crippen molar-refractivity contribution in [1.29, 1.82) is 0 Å². The maximum Gasteiger partial charge on any atom is 0.130 e. The van der Waals surface area contributed by atoms with Gasteiger partial charge in [-0.2, -0.15) is 0 Å². The van der Waals surface area contributed by atoms with Gasteiger partial charge >= 0.3 is 0 Å². The van der Waals surface area contributed by atoms with Crippen LogP contribution in [0.5, 0.6) is 0 Å². The summed E-state index contributed by atoms with van der Waals surface area (Å²) in [7, 11) is -1.18. The molecule has 0 radical (unpaired) electrons. The van der Waals surface area contributed by atoms with Gasteiger partial charge in [0.25, 0.3) is 0 Å². The zero-order valence-electron chi connectivity index (χ0n) is 5.88. The SMILES string of the molecule is C[Si](C)(C)C#CC#CBr. The minimum Gasteiger partial charge on any atom is -0.118 e.